The molecule has 144 valence electrons. The fourth-order valence-corrected chi connectivity index (χ4v) is 5.50. The standard InChI is InChI=1S/C22H21ClFN3S/c1-2-14-20-22(28-21(14)15-8-4-6-10-17(15)25)18(11-19(23)27-20)26-12-13-7-3-5-9-16(13)24/h1,3,5,7,9,11,15,17H,4,6,8,10,12,25H2,(H,26,27)/t15-,17-/m1/s1. The van der Waals surface area contributed by atoms with Crippen LogP contribution < -0.4 is 11.1 Å². The fraction of sp³-hybridized carbons (Fsp3) is 0.318. The molecule has 4 rings (SSSR count). The van der Waals surface area contributed by atoms with E-state index in [9.17, 15) is 4.39 Å². The number of pyridine rings is 1. The van der Waals surface area contributed by atoms with Gasteiger partial charge in [0.25, 0.3) is 0 Å². The van der Waals surface area contributed by atoms with E-state index in [-0.39, 0.29) is 17.8 Å². The van der Waals surface area contributed by atoms with Gasteiger partial charge in [-0.3, -0.25) is 0 Å². The number of benzene rings is 1. The molecule has 0 saturated heterocycles. The highest BCUT2D eigenvalue weighted by molar-refractivity contribution is 7.20. The molecule has 2 aromatic heterocycles. The summed E-state index contributed by atoms with van der Waals surface area (Å²) in [4.78, 5) is 5.62. The van der Waals surface area contributed by atoms with Crippen LogP contribution in [0.1, 0.15) is 47.6 Å². The molecule has 3 nitrogen and oxygen atoms in total. The van der Waals surface area contributed by atoms with Crippen LogP contribution in [0.4, 0.5) is 10.1 Å². The smallest absolute Gasteiger partial charge is 0.131 e. The number of nitrogens with one attached hydrogen (secondary N) is 1. The number of nitrogens with two attached hydrogens (primary N) is 1. The Hall–Kier alpha value is -2.13. The Morgan fingerprint density at radius 3 is 2.86 bits per heavy atom. The molecule has 0 amide bonds. The monoisotopic (exact) mass is 413 g/mol. The van der Waals surface area contributed by atoms with Gasteiger partial charge in [-0.15, -0.1) is 17.8 Å². The molecule has 2 heterocycles. The van der Waals surface area contributed by atoms with Crippen molar-refractivity contribution in [3.8, 4) is 12.3 Å². The van der Waals surface area contributed by atoms with E-state index in [1.54, 1.807) is 29.5 Å². The van der Waals surface area contributed by atoms with E-state index in [2.05, 4.69) is 16.2 Å². The molecule has 28 heavy (non-hydrogen) atoms. The summed E-state index contributed by atoms with van der Waals surface area (Å²) in [5.41, 5.74) is 9.33. The number of halogens is 2. The number of nitrogens with zero attached hydrogens (tertiary/aromatic N) is 1. The van der Waals surface area contributed by atoms with E-state index in [1.165, 1.54) is 6.07 Å². The maximum Gasteiger partial charge on any atom is 0.131 e. The fourth-order valence-electron chi connectivity index (χ4n) is 3.90. The molecule has 1 fully saturated rings. The van der Waals surface area contributed by atoms with Crippen molar-refractivity contribution in [2.24, 2.45) is 5.73 Å². The minimum Gasteiger partial charge on any atom is -0.380 e. The number of fused-ring (bicyclic) bond motifs is 1. The first-order chi connectivity index (χ1) is 13.6. The van der Waals surface area contributed by atoms with Gasteiger partial charge in [0.05, 0.1) is 16.0 Å². The number of aromatic nitrogens is 1. The van der Waals surface area contributed by atoms with E-state index >= 15 is 0 Å². The number of rotatable bonds is 4. The quantitative estimate of drug-likeness (QED) is 0.428. The molecule has 0 unspecified atom stereocenters. The second-order valence-corrected chi connectivity index (χ2v) is 8.60. The third-order valence-electron chi connectivity index (χ3n) is 5.36. The highest BCUT2D eigenvalue weighted by Gasteiger charge is 2.29. The maximum atomic E-state index is 14.0. The Morgan fingerprint density at radius 2 is 2.11 bits per heavy atom. The molecule has 0 aliphatic heterocycles. The summed E-state index contributed by atoms with van der Waals surface area (Å²) in [6.45, 7) is 0.351. The van der Waals surface area contributed by atoms with Crippen LogP contribution in [0.25, 0.3) is 10.2 Å². The normalized spacial score (nSPS) is 19.5. The highest BCUT2D eigenvalue weighted by Crippen LogP contribution is 2.44. The Labute approximate surface area is 173 Å². The van der Waals surface area contributed by atoms with Gasteiger partial charge in [0.2, 0.25) is 0 Å². The summed E-state index contributed by atoms with van der Waals surface area (Å²) in [6.07, 6.45) is 10.2. The lowest BCUT2D eigenvalue weighted by molar-refractivity contribution is 0.389. The van der Waals surface area contributed by atoms with Crippen LogP contribution in [0.15, 0.2) is 30.3 Å². The number of hydrogen-bond donors (Lipinski definition) is 2. The van der Waals surface area contributed by atoms with Crippen LogP contribution in [-0.2, 0) is 6.54 Å². The van der Waals surface area contributed by atoms with Gasteiger partial charge < -0.3 is 11.1 Å². The van der Waals surface area contributed by atoms with Gasteiger partial charge in [0.15, 0.2) is 0 Å². The molecule has 2 atom stereocenters. The molecular formula is C22H21ClFN3S. The predicted molar refractivity (Wildman–Crippen MR) is 115 cm³/mol. The maximum absolute atomic E-state index is 14.0. The molecule has 0 bridgehead atoms. The first kappa shape index (κ1) is 19.2. The van der Waals surface area contributed by atoms with Crippen LogP contribution in [0.3, 0.4) is 0 Å². The van der Waals surface area contributed by atoms with Crippen molar-refractivity contribution < 1.29 is 4.39 Å². The number of hydrogen-bond acceptors (Lipinski definition) is 4. The van der Waals surface area contributed by atoms with Gasteiger partial charge in [0, 0.05) is 35.0 Å². The summed E-state index contributed by atoms with van der Waals surface area (Å²) in [6, 6.07) is 8.59. The number of thiophene rings is 1. The van der Waals surface area contributed by atoms with E-state index in [0.29, 0.717) is 17.3 Å². The van der Waals surface area contributed by atoms with E-state index in [1.807, 2.05) is 6.07 Å². The molecule has 1 aliphatic carbocycles. The zero-order valence-corrected chi connectivity index (χ0v) is 16.9. The highest BCUT2D eigenvalue weighted by atomic mass is 35.5. The zero-order chi connectivity index (χ0) is 19.7. The van der Waals surface area contributed by atoms with Gasteiger partial charge in [-0.05, 0) is 18.9 Å². The zero-order valence-electron chi connectivity index (χ0n) is 15.3. The minimum absolute atomic E-state index is 0.110. The molecule has 0 radical (unpaired) electrons. The molecule has 1 aromatic carbocycles. The van der Waals surface area contributed by atoms with Crippen molar-refractivity contribution in [1.29, 1.82) is 0 Å². The van der Waals surface area contributed by atoms with Crippen molar-refractivity contribution in [3.63, 3.8) is 0 Å². The lowest BCUT2D eigenvalue weighted by Gasteiger charge is -2.28. The van der Waals surface area contributed by atoms with E-state index < -0.39 is 0 Å². The van der Waals surface area contributed by atoms with Gasteiger partial charge in [-0.25, -0.2) is 9.37 Å². The largest absolute Gasteiger partial charge is 0.380 e. The van der Waals surface area contributed by atoms with Gasteiger partial charge in [0.1, 0.15) is 16.5 Å². The van der Waals surface area contributed by atoms with E-state index in [0.717, 1.165) is 52.0 Å². The molecule has 3 N–H and O–H groups in total. The molecule has 3 aromatic rings. The van der Waals surface area contributed by atoms with Crippen LogP contribution in [0.2, 0.25) is 5.15 Å². The molecule has 0 spiro atoms. The third kappa shape index (κ3) is 3.60. The number of terminal acetylenes is 1. The second kappa shape index (κ2) is 8.08. The topological polar surface area (TPSA) is 50.9 Å². The lowest BCUT2D eigenvalue weighted by atomic mass is 9.83. The SMILES string of the molecule is C#Cc1c([C@@H]2CCCC[C@H]2N)sc2c(NCc3ccccc3F)cc(Cl)nc12. The Bertz CT molecular complexity index is 1060. The Kier molecular flexibility index (Phi) is 5.54. The van der Waals surface area contributed by atoms with Gasteiger partial charge >= 0.3 is 0 Å². The number of anilines is 1. The summed E-state index contributed by atoms with van der Waals surface area (Å²) < 4.78 is 14.9. The van der Waals surface area contributed by atoms with Crippen LogP contribution in [-0.4, -0.2) is 11.0 Å². The summed E-state index contributed by atoms with van der Waals surface area (Å²) >= 11 is 7.91. The average Bonchev–Trinajstić information content (AvgIpc) is 3.05. The summed E-state index contributed by atoms with van der Waals surface area (Å²) in [5, 5.41) is 3.67. The Morgan fingerprint density at radius 1 is 1.32 bits per heavy atom. The van der Waals surface area contributed by atoms with Crippen molar-refractivity contribution in [1.82, 2.24) is 4.98 Å². The van der Waals surface area contributed by atoms with E-state index in [4.69, 9.17) is 23.8 Å². The van der Waals surface area contributed by atoms with Crippen molar-refractivity contribution >= 4 is 38.8 Å². The van der Waals surface area contributed by atoms with Crippen molar-refractivity contribution in [2.75, 3.05) is 5.32 Å². The molecule has 1 saturated carbocycles. The molecule has 1 aliphatic rings. The second-order valence-electron chi connectivity index (χ2n) is 7.16. The molecule has 6 heteroatoms. The van der Waals surface area contributed by atoms with Gasteiger partial charge in [-0.2, -0.15) is 0 Å². The first-order valence-corrected chi connectivity index (χ1v) is 10.6. The summed E-state index contributed by atoms with van der Waals surface area (Å²) in [7, 11) is 0. The van der Waals surface area contributed by atoms with Crippen molar-refractivity contribution in [2.45, 2.75) is 44.2 Å². The minimum atomic E-state index is -0.240. The predicted octanol–water partition coefficient (Wildman–Crippen LogP) is 5.67. The first-order valence-electron chi connectivity index (χ1n) is 9.41. The Balaban J connectivity index is 1.75. The van der Waals surface area contributed by atoms with Gasteiger partial charge in [-0.1, -0.05) is 48.6 Å². The lowest BCUT2D eigenvalue weighted by Crippen LogP contribution is -2.31. The average molecular weight is 414 g/mol. The van der Waals surface area contributed by atoms with Crippen molar-refractivity contribution in [3.05, 3.63) is 57.3 Å². The van der Waals surface area contributed by atoms with Crippen LogP contribution >= 0.6 is 22.9 Å². The van der Waals surface area contributed by atoms with Crippen LogP contribution in [0.5, 0.6) is 0 Å². The molecular weight excluding hydrogens is 393 g/mol. The summed E-state index contributed by atoms with van der Waals surface area (Å²) in [5.74, 6) is 2.83. The van der Waals surface area contributed by atoms with Crippen LogP contribution in [0, 0.1) is 18.2 Å². The third-order valence-corrected chi connectivity index (χ3v) is 6.90.